The Bertz CT molecular complexity index is 930. The zero-order valence-corrected chi connectivity index (χ0v) is 18.6. The number of amidine groups is 1. The van der Waals surface area contributed by atoms with Crippen molar-refractivity contribution in [1.29, 1.82) is 5.26 Å². The van der Waals surface area contributed by atoms with Crippen molar-refractivity contribution < 1.29 is 14.0 Å². The van der Waals surface area contributed by atoms with Gasteiger partial charge in [0.25, 0.3) is 0 Å². The van der Waals surface area contributed by atoms with E-state index < -0.39 is 11.2 Å². The molecule has 0 spiro atoms. The van der Waals surface area contributed by atoms with Crippen molar-refractivity contribution in [3.63, 3.8) is 0 Å². The number of allylic oxidation sites excluding steroid dienone is 1. The van der Waals surface area contributed by atoms with Crippen LogP contribution in [-0.4, -0.2) is 53.1 Å². The van der Waals surface area contributed by atoms with Gasteiger partial charge < -0.3 is 10.2 Å². The van der Waals surface area contributed by atoms with Gasteiger partial charge in [0.15, 0.2) is 11.5 Å². The summed E-state index contributed by atoms with van der Waals surface area (Å²) in [7, 11) is 1.85. The molecule has 0 aliphatic carbocycles. The van der Waals surface area contributed by atoms with Gasteiger partial charge in [-0.1, -0.05) is 32.5 Å². The van der Waals surface area contributed by atoms with E-state index >= 15 is 0 Å². The molecule has 160 valence electrons. The van der Waals surface area contributed by atoms with Crippen LogP contribution in [-0.2, 0) is 15.0 Å². The summed E-state index contributed by atoms with van der Waals surface area (Å²) >= 11 is 1.46. The van der Waals surface area contributed by atoms with Crippen LogP contribution in [0.2, 0.25) is 0 Å². The van der Waals surface area contributed by atoms with Crippen LogP contribution in [0.15, 0.2) is 22.8 Å². The number of hydrogen-bond acceptors (Lipinski definition) is 6. The van der Waals surface area contributed by atoms with Gasteiger partial charge in [0, 0.05) is 55.9 Å². The predicted molar refractivity (Wildman–Crippen MR) is 116 cm³/mol. The molecule has 1 atom stereocenters. The third kappa shape index (κ3) is 5.89. The summed E-state index contributed by atoms with van der Waals surface area (Å²) in [6.07, 6.45) is 1.86. The lowest BCUT2D eigenvalue weighted by Crippen LogP contribution is -2.41. The van der Waals surface area contributed by atoms with Gasteiger partial charge in [0.1, 0.15) is 17.5 Å². The molecule has 1 unspecified atom stereocenters. The monoisotopic (exact) mass is 431 g/mol. The fourth-order valence-electron chi connectivity index (χ4n) is 2.98. The number of carbonyl (C=O) groups is 2. The smallest absolute Gasteiger partial charge is 0.216 e. The molecule has 1 aliphatic heterocycles. The number of aromatic nitrogens is 1. The number of rotatable bonds is 5. The van der Waals surface area contributed by atoms with Gasteiger partial charge in [-0.25, -0.2) is 9.38 Å². The van der Waals surface area contributed by atoms with Crippen LogP contribution in [0.4, 0.5) is 4.39 Å². The van der Waals surface area contributed by atoms with Crippen LogP contribution < -0.4 is 5.32 Å². The van der Waals surface area contributed by atoms with Crippen molar-refractivity contribution in [1.82, 2.24) is 15.2 Å². The number of halogens is 1. The van der Waals surface area contributed by atoms with Crippen molar-refractivity contribution in [2.24, 2.45) is 10.9 Å². The number of nitrogens with zero attached hydrogens (tertiary/aromatic N) is 4. The van der Waals surface area contributed by atoms with E-state index in [4.69, 9.17) is 0 Å². The van der Waals surface area contributed by atoms with Crippen LogP contribution in [0.1, 0.15) is 39.0 Å². The molecule has 1 aromatic rings. The second-order valence-corrected chi connectivity index (χ2v) is 9.17. The number of carbonyl (C=O) groups excluding carboxylic acids is 2. The summed E-state index contributed by atoms with van der Waals surface area (Å²) in [5, 5.41) is 12.8. The first kappa shape index (κ1) is 23.5. The SMILES string of the molecule is CC(=O)NCC1CS/C(=N/C(=C(/C#N)C=O)c2cnc(C(C)(C)C)c(F)c2)N(C)C1. The number of thioether (sulfide) groups is 1. The number of nitriles is 1. The van der Waals surface area contributed by atoms with Crippen molar-refractivity contribution in [2.45, 2.75) is 33.1 Å². The second-order valence-electron chi connectivity index (χ2n) is 8.19. The molecule has 0 radical (unpaired) electrons. The molecule has 0 aromatic carbocycles. The van der Waals surface area contributed by atoms with Crippen molar-refractivity contribution in [3.05, 3.63) is 34.9 Å². The largest absolute Gasteiger partial charge is 0.356 e. The van der Waals surface area contributed by atoms with E-state index in [2.05, 4.69) is 15.3 Å². The average Bonchev–Trinajstić information content (AvgIpc) is 2.66. The van der Waals surface area contributed by atoms with Gasteiger partial charge in [0.05, 0.1) is 11.4 Å². The van der Waals surface area contributed by atoms with E-state index in [1.54, 1.807) is 0 Å². The molecule has 2 heterocycles. The molecular weight excluding hydrogens is 405 g/mol. The summed E-state index contributed by atoms with van der Waals surface area (Å²) in [5.41, 5.74) is -0.0156. The molecule has 2 rings (SSSR count). The van der Waals surface area contributed by atoms with Gasteiger partial charge in [0.2, 0.25) is 5.91 Å². The third-order valence-electron chi connectivity index (χ3n) is 4.47. The molecule has 1 N–H and O–H groups in total. The molecule has 7 nitrogen and oxygen atoms in total. The Hall–Kier alpha value is -2.73. The summed E-state index contributed by atoms with van der Waals surface area (Å²) in [6, 6.07) is 3.10. The maximum atomic E-state index is 14.7. The topological polar surface area (TPSA) is 98.4 Å². The maximum absolute atomic E-state index is 14.7. The predicted octanol–water partition coefficient (Wildman–Crippen LogP) is 2.74. The van der Waals surface area contributed by atoms with Gasteiger partial charge >= 0.3 is 0 Å². The minimum absolute atomic E-state index is 0.0785. The summed E-state index contributed by atoms with van der Waals surface area (Å²) in [6.45, 7) is 8.25. The normalized spacial score (nSPS) is 19.2. The Morgan fingerprint density at radius 3 is 2.73 bits per heavy atom. The zero-order valence-electron chi connectivity index (χ0n) is 17.8. The number of aliphatic imine (C=N–C) groups is 1. The molecule has 1 fully saturated rings. The molecule has 1 amide bonds. The molecule has 0 saturated carbocycles. The van der Waals surface area contributed by atoms with E-state index in [9.17, 15) is 19.2 Å². The molecule has 30 heavy (non-hydrogen) atoms. The van der Waals surface area contributed by atoms with Crippen molar-refractivity contribution in [3.8, 4) is 6.07 Å². The van der Waals surface area contributed by atoms with Gasteiger partial charge in [-0.05, 0) is 6.07 Å². The van der Waals surface area contributed by atoms with E-state index in [1.165, 1.54) is 30.9 Å². The Morgan fingerprint density at radius 2 is 2.23 bits per heavy atom. The fourth-order valence-corrected chi connectivity index (χ4v) is 4.04. The highest BCUT2D eigenvalue weighted by Gasteiger charge is 2.25. The minimum Gasteiger partial charge on any atom is -0.356 e. The van der Waals surface area contributed by atoms with Crippen LogP contribution in [0.5, 0.6) is 0 Å². The Morgan fingerprint density at radius 1 is 1.53 bits per heavy atom. The van der Waals surface area contributed by atoms with E-state index in [-0.39, 0.29) is 28.7 Å². The fraction of sp³-hybridized carbons (Fsp3) is 0.476. The van der Waals surface area contributed by atoms with Crippen LogP contribution in [0.25, 0.3) is 5.70 Å². The first-order valence-electron chi connectivity index (χ1n) is 9.49. The van der Waals surface area contributed by atoms with Gasteiger partial charge in [-0.2, -0.15) is 5.26 Å². The maximum Gasteiger partial charge on any atom is 0.216 e. The number of nitrogens with one attached hydrogen (secondary N) is 1. The number of hydrogen-bond donors (Lipinski definition) is 1. The van der Waals surface area contributed by atoms with Gasteiger partial charge in [-0.3, -0.25) is 14.6 Å². The first-order valence-corrected chi connectivity index (χ1v) is 10.5. The average molecular weight is 432 g/mol. The van der Waals surface area contributed by atoms with E-state index in [0.717, 1.165) is 5.75 Å². The molecule has 9 heteroatoms. The second kappa shape index (κ2) is 9.85. The standard InChI is InChI=1S/C21H26FN5O2S/c1-13(29)24-8-14-10-27(5)20(30-12-14)26-18(16(7-23)11-28)15-6-17(22)19(25-9-15)21(2,3)4/h6,9,11,14H,8,10,12H2,1-5H3,(H,24,29)/b18-16-,26-20+. The summed E-state index contributed by atoms with van der Waals surface area (Å²) in [5.74, 6) is 0.364. The molecular formula is C21H26FN5O2S. The lowest BCUT2D eigenvalue weighted by molar-refractivity contribution is -0.119. The lowest BCUT2D eigenvalue weighted by atomic mass is 9.91. The first-order chi connectivity index (χ1) is 14.1. The van der Waals surface area contributed by atoms with Crippen LogP contribution in [0.3, 0.4) is 0 Å². The number of pyridine rings is 1. The summed E-state index contributed by atoms with van der Waals surface area (Å²) < 4.78 is 14.7. The number of aldehydes is 1. The van der Waals surface area contributed by atoms with Gasteiger partial charge in [-0.15, -0.1) is 0 Å². The Balaban J connectivity index is 2.38. The van der Waals surface area contributed by atoms with Crippen molar-refractivity contribution >= 4 is 34.8 Å². The Kier molecular flexibility index (Phi) is 7.73. The van der Waals surface area contributed by atoms with Crippen LogP contribution >= 0.6 is 11.8 Å². The lowest BCUT2D eigenvalue weighted by Gasteiger charge is -2.32. The van der Waals surface area contributed by atoms with E-state index in [0.29, 0.717) is 30.2 Å². The van der Waals surface area contributed by atoms with Crippen LogP contribution in [0, 0.1) is 23.1 Å². The molecule has 1 aromatic heterocycles. The van der Waals surface area contributed by atoms with E-state index in [1.807, 2.05) is 38.8 Å². The molecule has 0 bridgehead atoms. The Labute approximate surface area is 180 Å². The summed E-state index contributed by atoms with van der Waals surface area (Å²) in [4.78, 5) is 33.2. The molecule has 1 saturated heterocycles. The third-order valence-corrected chi connectivity index (χ3v) is 5.77. The number of amides is 1. The highest BCUT2D eigenvalue weighted by atomic mass is 32.2. The highest BCUT2D eigenvalue weighted by molar-refractivity contribution is 8.13. The molecule has 1 aliphatic rings. The minimum atomic E-state index is -0.513. The quantitative estimate of drug-likeness (QED) is 0.437. The zero-order chi connectivity index (χ0) is 22.5. The highest BCUT2D eigenvalue weighted by Crippen LogP contribution is 2.29. The van der Waals surface area contributed by atoms with Crippen molar-refractivity contribution in [2.75, 3.05) is 25.9 Å².